The number of aromatic nitrogens is 2. The van der Waals surface area contributed by atoms with Gasteiger partial charge in [0.05, 0.1) is 15.9 Å². The topological polar surface area (TPSA) is 67.2 Å². The van der Waals surface area contributed by atoms with Crippen molar-refractivity contribution in [2.75, 3.05) is 6.54 Å². The van der Waals surface area contributed by atoms with Crippen LogP contribution < -0.4 is 14.8 Å². The van der Waals surface area contributed by atoms with Crippen molar-refractivity contribution in [2.24, 2.45) is 11.3 Å². The molecule has 2 aromatic carbocycles. The zero-order valence-corrected chi connectivity index (χ0v) is 24.1. The van der Waals surface area contributed by atoms with E-state index < -0.39 is 5.97 Å². The molecule has 40 heavy (non-hydrogen) atoms. The van der Waals surface area contributed by atoms with Crippen LogP contribution in [0.1, 0.15) is 33.3 Å². The van der Waals surface area contributed by atoms with Gasteiger partial charge in [-0.1, -0.05) is 42.5 Å². The van der Waals surface area contributed by atoms with E-state index in [1.165, 1.54) is 26.8 Å². The van der Waals surface area contributed by atoms with Crippen molar-refractivity contribution in [1.29, 1.82) is 0 Å². The molecule has 204 valence electrons. The van der Waals surface area contributed by atoms with Gasteiger partial charge in [0, 0.05) is 34.4 Å². The van der Waals surface area contributed by atoms with Gasteiger partial charge in [0.2, 0.25) is 0 Å². The van der Waals surface area contributed by atoms with Gasteiger partial charge >= 0.3 is 5.97 Å². The lowest BCUT2D eigenvalue weighted by Gasteiger charge is -2.24. The molecular formula is C33H34N3O3S+. The Morgan fingerprint density at radius 2 is 1.77 bits per heavy atom. The smallest absolute Gasteiger partial charge is 0.323 e. The molecule has 0 amide bonds. The highest BCUT2D eigenvalue weighted by atomic mass is 32.1. The number of nitrogens with zero attached hydrogens (tertiary/aromatic N) is 3. The Kier molecular flexibility index (Phi) is 6.50. The van der Waals surface area contributed by atoms with Crippen LogP contribution in [0.15, 0.2) is 71.6 Å². The Morgan fingerprint density at radius 3 is 2.52 bits per heavy atom. The number of rotatable bonds is 6. The number of aryl methyl sites for hydroxylation is 1. The Bertz CT molecular complexity index is 1950. The molecule has 1 aliphatic carbocycles. The number of thiazole rings is 1. The minimum atomic E-state index is -1.03. The van der Waals surface area contributed by atoms with E-state index in [4.69, 9.17) is 0 Å². The molecule has 6 nitrogen and oxygen atoms in total. The van der Waals surface area contributed by atoms with E-state index in [1.54, 1.807) is 0 Å². The molecule has 4 aromatic rings. The van der Waals surface area contributed by atoms with Gasteiger partial charge in [0.25, 0.3) is 5.56 Å². The number of carboxylic acid groups (broad SMARTS) is 1. The third-order valence-electron chi connectivity index (χ3n) is 8.51. The molecule has 2 atom stereocenters. The third kappa shape index (κ3) is 4.11. The van der Waals surface area contributed by atoms with Crippen molar-refractivity contribution < 1.29 is 14.5 Å². The maximum absolute atomic E-state index is 13.6. The fourth-order valence-electron chi connectivity index (χ4n) is 6.61. The molecule has 3 heterocycles. The molecule has 2 aliphatic rings. The van der Waals surface area contributed by atoms with E-state index in [9.17, 15) is 14.7 Å². The zero-order chi connectivity index (χ0) is 28.2. The number of hydrogen-bond acceptors (Lipinski definition) is 3. The van der Waals surface area contributed by atoms with Crippen molar-refractivity contribution in [3.63, 3.8) is 0 Å². The predicted molar refractivity (Wildman–Crippen MR) is 164 cm³/mol. The molecule has 0 bridgehead atoms. The summed E-state index contributed by atoms with van der Waals surface area (Å²) in [5.74, 6) is -0.719. The van der Waals surface area contributed by atoms with Crippen LogP contribution in [0.5, 0.6) is 0 Å². The van der Waals surface area contributed by atoms with Crippen LogP contribution in [0.2, 0.25) is 0 Å². The van der Waals surface area contributed by atoms with E-state index in [-0.39, 0.29) is 23.6 Å². The molecular weight excluding hydrogens is 518 g/mol. The fraction of sp³-hybridized carbons (Fsp3) is 0.303. The van der Waals surface area contributed by atoms with Crippen LogP contribution in [0.25, 0.3) is 34.0 Å². The molecule has 2 unspecified atom stereocenters. The van der Waals surface area contributed by atoms with Crippen LogP contribution in [0, 0.1) is 11.3 Å². The summed E-state index contributed by atoms with van der Waals surface area (Å²) in [6, 6.07) is 14.9. The molecule has 1 N–H and O–H groups in total. The second-order valence-corrected chi connectivity index (χ2v) is 12.2. The van der Waals surface area contributed by atoms with Crippen LogP contribution in [0.4, 0.5) is 0 Å². The maximum Gasteiger partial charge on any atom is 0.323 e. The highest BCUT2D eigenvalue weighted by molar-refractivity contribution is 7.07. The molecule has 1 aliphatic heterocycles. The lowest BCUT2D eigenvalue weighted by Crippen LogP contribution is -2.35. The molecule has 2 aromatic heterocycles. The second-order valence-electron chi connectivity index (χ2n) is 11.1. The Morgan fingerprint density at radius 1 is 1.02 bits per heavy atom. The van der Waals surface area contributed by atoms with Crippen molar-refractivity contribution in [1.82, 2.24) is 9.13 Å². The van der Waals surface area contributed by atoms with Crippen molar-refractivity contribution in [3.05, 3.63) is 91.9 Å². The van der Waals surface area contributed by atoms with Gasteiger partial charge in [-0.2, -0.15) is 0 Å². The van der Waals surface area contributed by atoms with Crippen LogP contribution in [-0.4, -0.2) is 43.1 Å². The first-order valence-corrected chi connectivity index (χ1v) is 14.7. The summed E-state index contributed by atoms with van der Waals surface area (Å²) in [7, 11) is 0. The first kappa shape index (κ1) is 26.3. The van der Waals surface area contributed by atoms with E-state index in [1.807, 2.05) is 24.3 Å². The average Bonchev–Trinajstić information content (AvgIpc) is 3.49. The normalized spacial score (nSPS) is 20.8. The molecule has 0 saturated carbocycles. The number of fused-ring (bicyclic) bond motifs is 4. The third-order valence-corrected chi connectivity index (χ3v) is 9.57. The minimum Gasteiger partial charge on any atom is -0.480 e. The first-order valence-electron chi connectivity index (χ1n) is 13.9. The molecule has 0 radical (unpaired) electrons. The number of para-hydroxylation sites is 1. The van der Waals surface area contributed by atoms with Crippen molar-refractivity contribution in [3.8, 4) is 0 Å². The number of allylic oxidation sites excluding steroid dienone is 2. The highest BCUT2D eigenvalue weighted by Gasteiger charge is 2.52. The molecule has 0 spiro atoms. The second kappa shape index (κ2) is 9.89. The maximum atomic E-state index is 13.6. The van der Waals surface area contributed by atoms with Crippen LogP contribution in [-0.2, 0) is 17.9 Å². The number of likely N-dealkylation sites (N-methyl/N-ethyl adjacent to an activating group) is 1. The van der Waals surface area contributed by atoms with Gasteiger partial charge in [0.15, 0.2) is 11.8 Å². The zero-order valence-electron chi connectivity index (χ0n) is 23.3. The summed E-state index contributed by atoms with van der Waals surface area (Å²) in [4.78, 5) is 25.4. The number of carbonyl (C=O) groups is 1. The number of hydrogen-bond donors (Lipinski definition) is 1. The monoisotopic (exact) mass is 552 g/mol. The van der Waals surface area contributed by atoms with Crippen molar-refractivity contribution >= 4 is 57.0 Å². The van der Waals surface area contributed by atoms with Crippen LogP contribution >= 0.6 is 11.3 Å². The quantitative estimate of drug-likeness (QED) is 0.362. The van der Waals surface area contributed by atoms with Gasteiger partial charge in [-0.05, 0) is 63.6 Å². The lowest BCUT2D eigenvalue weighted by atomic mass is 9.73. The lowest BCUT2D eigenvalue weighted by molar-refractivity contribution is -0.546. The summed E-state index contributed by atoms with van der Waals surface area (Å²) < 4.78 is 7.28. The molecule has 0 saturated heterocycles. The van der Waals surface area contributed by atoms with E-state index in [0.29, 0.717) is 15.1 Å². The standard InChI is InChI=1S/C33H33N3O3S/c1-5-34-25-13-9-7-11-22(25)23-17-21(15-16-26(23)34)18-28-32(39)36(20-31(37)38)30(40-28)19-29-33(3,4)24-12-8-10-14-27(24)35(29)6-2/h7-19,24,27H,5-6,20H2,1-4H3/p+1/b28-18+. The summed E-state index contributed by atoms with van der Waals surface area (Å²) >= 11 is 1.36. The Balaban J connectivity index is 1.55. The van der Waals surface area contributed by atoms with E-state index in [0.717, 1.165) is 35.3 Å². The van der Waals surface area contributed by atoms with Crippen molar-refractivity contribution in [2.45, 2.75) is 46.8 Å². The molecule has 0 fully saturated rings. The average molecular weight is 553 g/mol. The van der Waals surface area contributed by atoms with Gasteiger partial charge < -0.3 is 9.67 Å². The summed E-state index contributed by atoms with van der Waals surface area (Å²) in [5.41, 5.74) is 3.96. The van der Waals surface area contributed by atoms with Crippen LogP contribution in [0.3, 0.4) is 0 Å². The summed E-state index contributed by atoms with van der Waals surface area (Å²) in [5, 5.41) is 12.0. The molecule has 7 heteroatoms. The first-order chi connectivity index (χ1) is 19.2. The number of benzene rings is 2. The minimum absolute atomic E-state index is 0.168. The largest absolute Gasteiger partial charge is 0.480 e. The van der Waals surface area contributed by atoms with Gasteiger partial charge in [-0.15, -0.1) is 11.3 Å². The Hall–Kier alpha value is -3.97. The molecule has 6 rings (SSSR count). The summed E-state index contributed by atoms with van der Waals surface area (Å²) in [6.07, 6.45) is 12.6. The SMILES string of the molecule is CCn1c2ccccc2c2cc(/C=c3/s/c(=C\C4=[N+](CC)C5C=CC=CC5C4(C)C)n(CC(=O)O)c3=O)ccc21. The highest BCUT2D eigenvalue weighted by Crippen LogP contribution is 2.41. The number of aliphatic carboxylic acids is 1. The Labute approximate surface area is 236 Å². The van der Waals surface area contributed by atoms with Gasteiger partial charge in [0.1, 0.15) is 17.8 Å². The fourth-order valence-corrected chi connectivity index (χ4v) is 7.66. The van der Waals surface area contributed by atoms with E-state index in [2.05, 4.69) is 91.5 Å². The van der Waals surface area contributed by atoms with E-state index >= 15 is 0 Å². The predicted octanol–water partition coefficient (Wildman–Crippen LogP) is 4.36. The summed E-state index contributed by atoms with van der Waals surface area (Å²) in [6.45, 7) is 10.1. The van der Waals surface area contributed by atoms with Gasteiger partial charge in [-0.25, -0.2) is 4.58 Å². The number of carboxylic acids is 1. The van der Waals surface area contributed by atoms with Gasteiger partial charge in [-0.3, -0.25) is 14.2 Å².